The standard InChI is InChI=1S/C17H17N3S/c1-11-9-21-17-15(11)16(18-10-19-17)20(2)14-7-12-5-3-4-6-13(12)8-14/h3-6,9-10,14H,7-8H2,1-2H3. The molecule has 1 aliphatic rings. The average molecular weight is 295 g/mol. The summed E-state index contributed by atoms with van der Waals surface area (Å²) < 4.78 is 0. The number of likely N-dealkylation sites (N-methyl/N-ethyl adjacent to an activating group) is 1. The highest BCUT2D eigenvalue weighted by Crippen LogP contribution is 2.33. The number of nitrogens with zero attached hydrogens (tertiary/aromatic N) is 3. The number of hydrogen-bond donors (Lipinski definition) is 0. The van der Waals surface area contributed by atoms with Crippen LogP contribution in [0.4, 0.5) is 5.82 Å². The second-order valence-corrected chi connectivity index (χ2v) is 6.60. The van der Waals surface area contributed by atoms with Gasteiger partial charge < -0.3 is 4.90 Å². The lowest BCUT2D eigenvalue weighted by Gasteiger charge is -2.26. The Bertz CT molecular complexity index is 784. The Morgan fingerprint density at radius 1 is 1.14 bits per heavy atom. The molecule has 0 amide bonds. The van der Waals surface area contributed by atoms with E-state index in [9.17, 15) is 0 Å². The van der Waals surface area contributed by atoms with Crippen molar-refractivity contribution in [1.82, 2.24) is 9.97 Å². The largest absolute Gasteiger partial charge is 0.355 e. The van der Waals surface area contributed by atoms with Crippen molar-refractivity contribution in [2.45, 2.75) is 25.8 Å². The molecule has 0 fully saturated rings. The third kappa shape index (κ3) is 2.02. The summed E-state index contributed by atoms with van der Waals surface area (Å²) in [6.45, 7) is 2.14. The summed E-state index contributed by atoms with van der Waals surface area (Å²) in [5.41, 5.74) is 4.22. The predicted octanol–water partition coefficient (Wildman–Crippen LogP) is 3.60. The highest BCUT2D eigenvalue weighted by atomic mass is 32.1. The fraction of sp³-hybridized carbons (Fsp3) is 0.294. The molecule has 1 aromatic carbocycles. The van der Waals surface area contributed by atoms with Gasteiger partial charge in [0.25, 0.3) is 0 Å². The first-order chi connectivity index (χ1) is 10.2. The molecule has 0 aliphatic heterocycles. The zero-order valence-corrected chi connectivity index (χ0v) is 13.0. The number of hydrogen-bond acceptors (Lipinski definition) is 4. The van der Waals surface area contributed by atoms with E-state index in [2.05, 4.69) is 58.5 Å². The van der Waals surface area contributed by atoms with E-state index in [0.717, 1.165) is 23.5 Å². The smallest absolute Gasteiger partial charge is 0.141 e. The van der Waals surface area contributed by atoms with E-state index < -0.39 is 0 Å². The minimum Gasteiger partial charge on any atom is -0.355 e. The van der Waals surface area contributed by atoms with Crippen LogP contribution in [0.5, 0.6) is 0 Å². The average Bonchev–Trinajstić information content (AvgIpc) is 3.10. The summed E-state index contributed by atoms with van der Waals surface area (Å²) in [4.78, 5) is 12.4. The van der Waals surface area contributed by atoms with Crippen LogP contribution in [0, 0.1) is 6.92 Å². The van der Waals surface area contributed by atoms with Gasteiger partial charge in [0.05, 0.1) is 5.39 Å². The van der Waals surface area contributed by atoms with Crippen LogP contribution in [0.3, 0.4) is 0 Å². The van der Waals surface area contributed by atoms with E-state index in [0.29, 0.717) is 6.04 Å². The van der Waals surface area contributed by atoms with Gasteiger partial charge in [-0.25, -0.2) is 9.97 Å². The molecule has 0 N–H and O–H groups in total. The predicted molar refractivity (Wildman–Crippen MR) is 88.2 cm³/mol. The molecule has 3 nitrogen and oxygen atoms in total. The van der Waals surface area contributed by atoms with Crippen molar-refractivity contribution in [2.75, 3.05) is 11.9 Å². The third-order valence-electron chi connectivity index (χ3n) is 4.45. The topological polar surface area (TPSA) is 29.0 Å². The number of aromatic nitrogens is 2. The minimum atomic E-state index is 0.486. The molecule has 0 saturated carbocycles. The van der Waals surface area contributed by atoms with Crippen molar-refractivity contribution in [3.63, 3.8) is 0 Å². The van der Waals surface area contributed by atoms with Gasteiger partial charge in [0.1, 0.15) is 17.0 Å². The van der Waals surface area contributed by atoms with Crippen LogP contribution in [-0.4, -0.2) is 23.1 Å². The highest BCUT2D eigenvalue weighted by Gasteiger charge is 2.26. The molecule has 0 unspecified atom stereocenters. The van der Waals surface area contributed by atoms with Gasteiger partial charge in [-0.1, -0.05) is 24.3 Å². The van der Waals surface area contributed by atoms with Crippen LogP contribution >= 0.6 is 11.3 Å². The second kappa shape index (κ2) is 4.81. The van der Waals surface area contributed by atoms with Crippen LogP contribution < -0.4 is 4.90 Å². The molecule has 4 rings (SSSR count). The number of anilines is 1. The van der Waals surface area contributed by atoms with Gasteiger partial charge in [0.15, 0.2) is 0 Å². The van der Waals surface area contributed by atoms with Gasteiger partial charge in [0, 0.05) is 13.1 Å². The Hall–Kier alpha value is -1.94. The molecule has 4 heteroatoms. The molecule has 3 aromatic rings. The molecule has 0 spiro atoms. The summed E-state index contributed by atoms with van der Waals surface area (Å²) in [6, 6.07) is 9.24. The third-order valence-corrected chi connectivity index (χ3v) is 5.45. The molecule has 106 valence electrons. The van der Waals surface area contributed by atoms with E-state index in [1.54, 1.807) is 17.7 Å². The normalized spacial score (nSPS) is 14.6. The van der Waals surface area contributed by atoms with Crippen molar-refractivity contribution < 1.29 is 0 Å². The van der Waals surface area contributed by atoms with Crippen LogP contribution in [0.15, 0.2) is 36.0 Å². The molecule has 21 heavy (non-hydrogen) atoms. The van der Waals surface area contributed by atoms with Crippen molar-refractivity contribution in [3.8, 4) is 0 Å². The minimum absolute atomic E-state index is 0.486. The monoisotopic (exact) mass is 295 g/mol. The second-order valence-electron chi connectivity index (χ2n) is 5.74. The number of benzene rings is 1. The van der Waals surface area contributed by atoms with Crippen molar-refractivity contribution in [1.29, 1.82) is 0 Å². The van der Waals surface area contributed by atoms with Crippen LogP contribution in [0.1, 0.15) is 16.7 Å². The molecule has 0 atom stereocenters. The SMILES string of the molecule is Cc1csc2ncnc(N(C)C3Cc4ccccc4C3)c12. The van der Waals surface area contributed by atoms with Crippen molar-refractivity contribution >= 4 is 27.4 Å². The molecule has 2 heterocycles. The van der Waals surface area contributed by atoms with Gasteiger partial charge in [-0.2, -0.15) is 0 Å². The summed E-state index contributed by atoms with van der Waals surface area (Å²) in [5, 5.41) is 3.38. The lowest BCUT2D eigenvalue weighted by atomic mass is 10.1. The number of aryl methyl sites for hydroxylation is 1. The van der Waals surface area contributed by atoms with Gasteiger partial charge in [-0.15, -0.1) is 11.3 Å². The van der Waals surface area contributed by atoms with Crippen LogP contribution in [-0.2, 0) is 12.8 Å². The Labute approximate surface area is 128 Å². The zero-order valence-electron chi connectivity index (χ0n) is 12.2. The van der Waals surface area contributed by atoms with Crippen molar-refractivity contribution in [3.05, 3.63) is 52.7 Å². The summed E-state index contributed by atoms with van der Waals surface area (Å²) in [5.74, 6) is 1.07. The van der Waals surface area contributed by atoms with Crippen molar-refractivity contribution in [2.24, 2.45) is 0 Å². The Morgan fingerprint density at radius 3 is 2.57 bits per heavy atom. The molecule has 0 saturated heterocycles. The lowest BCUT2D eigenvalue weighted by Crippen LogP contribution is -2.33. The fourth-order valence-electron chi connectivity index (χ4n) is 3.25. The summed E-state index contributed by atoms with van der Waals surface area (Å²) >= 11 is 1.70. The van der Waals surface area contributed by atoms with E-state index >= 15 is 0 Å². The van der Waals surface area contributed by atoms with E-state index in [1.165, 1.54) is 22.1 Å². The van der Waals surface area contributed by atoms with Gasteiger partial charge in [-0.3, -0.25) is 0 Å². The maximum atomic E-state index is 4.57. The highest BCUT2D eigenvalue weighted by molar-refractivity contribution is 7.17. The van der Waals surface area contributed by atoms with E-state index in [-0.39, 0.29) is 0 Å². The maximum Gasteiger partial charge on any atom is 0.141 e. The Morgan fingerprint density at radius 2 is 1.86 bits per heavy atom. The molecular weight excluding hydrogens is 278 g/mol. The van der Waals surface area contributed by atoms with E-state index in [1.807, 2.05) is 0 Å². The zero-order chi connectivity index (χ0) is 14.4. The Kier molecular flexibility index (Phi) is 2.93. The first kappa shape index (κ1) is 12.8. The number of rotatable bonds is 2. The molecule has 1 aliphatic carbocycles. The first-order valence-corrected chi connectivity index (χ1v) is 8.10. The summed E-state index contributed by atoms with van der Waals surface area (Å²) in [6.07, 6.45) is 3.88. The summed E-state index contributed by atoms with van der Waals surface area (Å²) in [7, 11) is 2.16. The molecule has 2 aromatic heterocycles. The lowest BCUT2D eigenvalue weighted by molar-refractivity contribution is 0.661. The van der Waals surface area contributed by atoms with Gasteiger partial charge >= 0.3 is 0 Å². The van der Waals surface area contributed by atoms with E-state index in [4.69, 9.17) is 0 Å². The first-order valence-electron chi connectivity index (χ1n) is 7.22. The van der Waals surface area contributed by atoms with Gasteiger partial charge in [-0.05, 0) is 41.8 Å². The molecule has 0 radical (unpaired) electrons. The van der Waals surface area contributed by atoms with Gasteiger partial charge in [0.2, 0.25) is 0 Å². The maximum absolute atomic E-state index is 4.57. The fourth-order valence-corrected chi connectivity index (χ4v) is 4.13. The molecular formula is C17H17N3S. The number of fused-ring (bicyclic) bond motifs is 2. The van der Waals surface area contributed by atoms with Crippen LogP contribution in [0.2, 0.25) is 0 Å². The number of thiophene rings is 1. The quantitative estimate of drug-likeness (QED) is 0.723. The Balaban J connectivity index is 1.72. The van der Waals surface area contributed by atoms with Crippen LogP contribution in [0.25, 0.3) is 10.2 Å². The molecule has 0 bridgehead atoms.